The van der Waals surface area contributed by atoms with E-state index >= 15 is 0 Å². The average Bonchev–Trinajstić information content (AvgIpc) is 3.18. The van der Waals surface area contributed by atoms with Crippen LogP contribution in [0.3, 0.4) is 0 Å². The van der Waals surface area contributed by atoms with Gasteiger partial charge >= 0.3 is 0 Å². The Bertz CT molecular complexity index is 574. The normalized spacial score (nSPS) is 20.9. The number of anilines is 1. The summed E-state index contributed by atoms with van der Waals surface area (Å²) in [6.07, 6.45) is 1.02. The molecule has 1 fully saturated rings. The van der Waals surface area contributed by atoms with Crippen LogP contribution in [-0.4, -0.2) is 5.91 Å². The summed E-state index contributed by atoms with van der Waals surface area (Å²) in [5.41, 5.74) is 3.23. The molecule has 0 heterocycles. The number of carbonyl (C=O) groups is 1. The van der Waals surface area contributed by atoms with Gasteiger partial charge < -0.3 is 5.32 Å². The van der Waals surface area contributed by atoms with E-state index in [9.17, 15) is 4.79 Å². The molecule has 2 heteroatoms. The largest absolute Gasteiger partial charge is 0.326 e. The highest BCUT2D eigenvalue weighted by Gasteiger charge is 2.38. The fraction of sp³-hybridized carbons (Fsp3) is 0.235. The summed E-state index contributed by atoms with van der Waals surface area (Å²) in [6, 6.07) is 18.2. The number of nitrogens with one attached hydrogen (secondary N) is 1. The number of amides is 1. The fourth-order valence-corrected chi connectivity index (χ4v) is 2.30. The molecule has 0 unspecified atom stereocenters. The highest BCUT2D eigenvalue weighted by molar-refractivity contribution is 5.94. The zero-order valence-corrected chi connectivity index (χ0v) is 11.0. The van der Waals surface area contributed by atoms with Crippen LogP contribution in [0.2, 0.25) is 0 Å². The summed E-state index contributed by atoms with van der Waals surface area (Å²) < 4.78 is 0. The Kier molecular flexibility index (Phi) is 3.08. The van der Waals surface area contributed by atoms with Crippen LogP contribution >= 0.6 is 0 Å². The van der Waals surface area contributed by atoms with E-state index in [1.165, 1.54) is 11.1 Å². The van der Waals surface area contributed by atoms with Crippen LogP contribution < -0.4 is 5.32 Å². The molecule has 0 bridgehead atoms. The van der Waals surface area contributed by atoms with Gasteiger partial charge in [-0.2, -0.15) is 0 Å². The number of hydrogen-bond donors (Lipinski definition) is 1. The lowest BCUT2D eigenvalue weighted by Crippen LogP contribution is -2.14. The first-order valence-electron chi connectivity index (χ1n) is 6.70. The Morgan fingerprint density at radius 2 is 1.58 bits per heavy atom. The van der Waals surface area contributed by atoms with Gasteiger partial charge in [-0.1, -0.05) is 49.4 Å². The van der Waals surface area contributed by atoms with Crippen molar-refractivity contribution in [3.8, 4) is 11.1 Å². The van der Waals surface area contributed by atoms with Gasteiger partial charge in [-0.15, -0.1) is 0 Å². The molecule has 1 aliphatic carbocycles. The molecule has 0 aliphatic heterocycles. The zero-order chi connectivity index (χ0) is 13.2. The molecule has 2 nitrogen and oxygen atoms in total. The Hall–Kier alpha value is -2.09. The number of rotatable bonds is 3. The minimum Gasteiger partial charge on any atom is -0.326 e. The zero-order valence-electron chi connectivity index (χ0n) is 11.0. The van der Waals surface area contributed by atoms with Crippen LogP contribution in [0.5, 0.6) is 0 Å². The van der Waals surface area contributed by atoms with E-state index in [1.807, 2.05) is 42.5 Å². The van der Waals surface area contributed by atoms with Gasteiger partial charge in [-0.05, 0) is 35.6 Å². The molecule has 1 N–H and O–H groups in total. The number of hydrogen-bond acceptors (Lipinski definition) is 1. The first-order valence-corrected chi connectivity index (χ1v) is 6.70. The second kappa shape index (κ2) is 4.88. The van der Waals surface area contributed by atoms with E-state index in [-0.39, 0.29) is 11.8 Å². The van der Waals surface area contributed by atoms with Crippen LogP contribution in [0.1, 0.15) is 13.3 Å². The summed E-state index contributed by atoms with van der Waals surface area (Å²) in [5, 5.41) is 2.97. The Morgan fingerprint density at radius 3 is 2.16 bits per heavy atom. The van der Waals surface area contributed by atoms with Crippen molar-refractivity contribution in [3.05, 3.63) is 54.6 Å². The van der Waals surface area contributed by atoms with Crippen LogP contribution in [0.25, 0.3) is 11.1 Å². The smallest absolute Gasteiger partial charge is 0.227 e. The lowest BCUT2D eigenvalue weighted by Gasteiger charge is -2.06. The fourth-order valence-electron chi connectivity index (χ4n) is 2.30. The number of benzene rings is 2. The van der Waals surface area contributed by atoms with Crippen molar-refractivity contribution in [1.29, 1.82) is 0 Å². The van der Waals surface area contributed by atoms with E-state index in [2.05, 4.69) is 24.4 Å². The minimum absolute atomic E-state index is 0.153. The van der Waals surface area contributed by atoms with Gasteiger partial charge in [-0.3, -0.25) is 4.79 Å². The SMILES string of the molecule is C[C@H]1C[C@H]1C(=O)Nc1ccc(-c2ccccc2)cc1. The molecule has 0 saturated heterocycles. The van der Waals surface area contributed by atoms with Gasteiger partial charge in [0, 0.05) is 11.6 Å². The van der Waals surface area contributed by atoms with Gasteiger partial charge in [-0.25, -0.2) is 0 Å². The highest BCUT2D eigenvalue weighted by Crippen LogP contribution is 2.38. The second-order valence-corrected chi connectivity index (χ2v) is 5.25. The Labute approximate surface area is 113 Å². The Balaban J connectivity index is 1.71. The highest BCUT2D eigenvalue weighted by atomic mass is 16.2. The lowest BCUT2D eigenvalue weighted by atomic mass is 10.1. The van der Waals surface area contributed by atoms with Crippen molar-refractivity contribution in [2.75, 3.05) is 5.32 Å². The molecule has 1 saturated carbocycles. The van der Waals surface area contributed by atoms with Gasteiger partial charge in [0.25, 0.3) is 0 Å². The summed E-state index contributed by atoms with van der Waals surface area (Å²) in [4.78, 5) is 11.8. The second-order valence-electron chi connectivity index (χ2n) is 5.25. The molecule has 19 heavy (non-hydrogen) atoms. The molecule has 1 amide bonds. The van der Waals surface area contributed by atoms with Crippen molar-refractivity contribution in [2.24, 2.45) is 11.8 Å². The first-order chi connectivity index (χ1) is 9.24. The standard InChI is InChI=1S/C17H17NO/c1-12-11-16(12)17(19)18-15-9-7-14(8-10-15)13-5-3-2-4-6-13/h2-10,12,16H,11H2,1H3,(H,18,19)/t12-,16+/m0/s1. The van der Waals surface area contributed by atoms with Gasteiger partial charge in [0.05, 0.1) is 0 Å². The molecule has 0 aromatic heterocycles. The molecular weight excluding hydrogens is 234 g/mol. The van der Waals surface area contributed by atoms with Crippen LogP contribution in [0.4, 0.5) is 5.69 Å². The van der Waals surface area contributed by atoms with E-state index in [0.29, 0.717) is 5.92 Å². The molecular formula is C17H17NO. The summed E-state index contributed by atoms with van der Waals surface area (Å²) >= 11 is 0. The first kappa shape index (κ1) is 12.0. The van der Waals surface area contributed by atoms with Crippen LogP contribution in [0.15, 0.2) is 54.6 Å². The van der Waals surface area contributed by atoms with Gasteiger partial charge in [0.1, 0.15) is 0 Å². The topological polar surface area (TPSA) is 29.1 Å². The predicted octanol–water partition coefficient (Wildman–Crippen LogP) is 3.95. The summed E-state index contributed by atoms with van der Waals surface area (Å²) in [5.74, 6) is 0.914. The third-order valence-corrected chi connectivity index (χ3v) is 3.71. The quantitative estimate of drug-likeness (QED) is 0.879. The molecule has 96 valence electrons. The molecule has 2 aromatic carbocycles. The molecule has 2 aromatic rings. The van der Waals surface area contributed by atoms with Crippen LogP contribution in [-0.2, 0) is 4.79 Å². The van der Waals surface area contributed by atoms with E-state index in [1.54, 1.807) is 0 Å². The predicted molar refractivity (Wildman–Crippen MR) is 77.8 cm³/mol. The van der Waals surface area contributed by atoms with Crippen molar-refractivity contribution in [2.45, 2.75) is 13.3 Å². The molecule has 1 aliphatic rings. The van der Waals surface area contributed by atoms with E-state index in [4.69, 9.17) is 0 Å². The van der Waals surface area contributed by atoms with Gasteiger partial charge in [0.2, 0.25) is 5.91 Å². The summed E-state index contributed by atoms with van der Waals surface area (Å²) in [7, 11) is 0. The van der Waals surface area contributed by atoms with E-state index < -0.39 is 0 Å². The third kappa shape index (κ3) is 2.68. The lowest BCUT2D eigenvalue weighted by molar-refractivity contribution is -0.117. The van der Waals surface area contributed by atoms with Crippen molar-refractivity contribution in [1.82, 2.24) is 0 Å². The molecule has 2 atom stereocenters. The summed E-state index contributed by atoms with van der Waals surface area (Å²) in [6.45, 7) is 2.11. The third-order valence-electron chi connectivity index (χ3n) is 3.71. The maximum atomic E-state index is 11.8. The average molecular weight is 251 g/mol. The van der Waals surface area contributed by atoms with Crippen LogP contribution in [0, 0.1) is 11.8 Å². The molecule has 3 rings (SSSR count). The molecule has 0 radical (unpaired) electrons. The Morgan fingerprint density at radius 1 is 1.00 bits per heavy atom. The number of carbonyl (C=O) groups excluding carboxylic acids is 1. The minimum atomic E-state index is 0.153. The van der Waals surface area contributed by atoms with E-state index in [0.717, 1.165) is 12.1 Å². The van der Waals surface area contributed by atoms with Crippen molar-refractivity contribution in [3.63, 3.8) is 0 Å². The van der Waals surface area contributed by atoms with Gasteiger partial charge in [0.15, 0.2) is 0 Å². The maximum Gasteiger partial charge on any atom is 0.227 e. The monoisotopic (exact) mass is 251 g/mol. The maximum absolute atomic E-state index is 11.8. The molecule has 0 spiro atoms. The van der Waals surface area contributed by atoms with Crippen molar-refractivity contribution >= 4 is 11.6 Å². The van der Waals surface area contributed by atoms with Crippen molar-refractivity contribution < 1.29 is 4.79 Å².